The lowest BCUT2D eigenvalue weighted by atomic mass is 10.1. The number of sulfonamides is 2. The summed E-state index contributed by atoms with van der Waals surface area (Å²) in [5.41, 5.74) is 2.51. The number of aryl methyl sites for hydroxylation is 3. The fourth-order valence-electron chi connectivity index (χ4n) is 3.24. The zero-order valence-electron chi connectivity index (χ0n) is 15.5. The minimum atomic E-state index is -3.87. The summed E-state index contributed by atoms with van der Waals surface area (Å²) in [6.07, 6.45) is 2.88. The summed E-state index contributed by atoms with van der Waals surface area (Å²) in [7, 11) is -7.64. The summed E-state index contributed by atoms with van der Waals surface area (Å²) in [5.74, 6) is 0.544. The first kappa shape index (κ1) is 19.5. The molecule has 0 aliphatic heterocycles. The Hall–Kier alpha value is -2.85. The molecule has 29 heavy (non-hydrogen) atoms. The predicted molar refractivity (Wildman–Crippen MR) is 108 cm³/mol. The molecule has 1 heterocycles. The number of nitrogens with one attached hydrogen (secondary N) is 2. The van der Waals surface area contributed by atoms with Gasteiger partial charge in [0.15, 0.2) is 5.82 Å². The zero-order valence-corrected chi connectivity index (χ0v) is 17.2. The second kappa shape index (κ2) is 7.20. The minimum Gasteiger partial charge on any atom is -0.360 e. The SMILES string of the molecule is Cc1cc(NS(=O)(=O)c2ccc(NS(=O)(=O)c3ccc4c(c3)CCC4)cc2)no1. The third-order valence-electron chi connectivity index (χ3n) is 4.66. The predicted octanol–water partition coefficient (Wildman–Crippen LogP) is 3.07. The molecule has 4 rings (SSSR count). The smallest absolute Gasteiger partial charge is 0.263 e. The van der Waals surface area contributed by atoms with Gasteiger partial charge in [0.1, 0.15) is 5.76 Å². The molecule has 0 amide bonds. The standard InChI is InChI=1S/C19H19N3O5S2/c1-13-11-19(20-27-13)22-28(23,24)17-9-6-16(7-10-17)21-29(25,26)18-8-5-14-3-2-4-15(14)12-18/h5-12,21H,2-4H2,1H3,(H,20,22). The van der Waals surface area contributed by atoms with E-state index in [9.17, 15) is 16.8 Å². The molecule has 2 aromatic carbocycles. The van der Waals surface area contributed by atoms with Gasteiger partial charge in [-0.3, -0.25) is 9.44 Å². The van der Waals surface area contributed by atoms with Crippen LogP contribution in [0.25, 0.3) is 0 Å². The number of hydrogen-bond donors (Lipinski definition) is 2. The van der Waals surface area contributed by atoms with Crippen LogP contribution in [-0.4, -0.2) is 22.0 Å². The van der Waals surface area contributed by atoms with Crippen LogP contribution in [-0.2, 0) is 32.9 Å². The van der Waals surface area contributed by atoms with Crippen molar-refractivity contribution in [1.82, 2.24) is 5.16 Å². The van der Waals surface area contributed by atoms with Crippen molar-refractivity contribution in [2.45, 2.75) is 36.0 Å². The maximum absolute atomic E-state index is 12.7. The molecule has 0 saturated carbocycles. The molecule has 0 fully saturated rings. The lowest BCUT2D eigenvalue weighted by molar-refractivity contribution is 0.400. The number of hydrogen-bond acceptors (Lipinski definition) is 6. The van der Waals surface area contributed by atoms with Gasteiger partial charge in [0.2, 0.25) is 0 Å². The largest absolute Gasteiger partial charge is 0.360 e. The van der Waals surface area contributed by atoms with Crippen LogP contribution >= 0.6 is 0 Å². The van der Waals surface area contributed by atoms with Gasteiger partial charge < -0.3 is 4.52 Å². The van der Waals surface area contributed by atoms with Gasteiger partial charge in [-0.1, -0.05) is 11.2 Å². The lowest BCUT2D eigenvalue weighted by Gasteiger charge is -2.10. The van der Waals surface area contributed by atoms with Crippen LogP contribution in [0.3, 0.4) is 0 Å². The molecule has 0 radical (unpaired) electrons. The van der Waals surface area contributed by atoms with Gasteiger partial charge in [0, 0.05) is 11.8 Å². The normalized spacial score (nSPS) is 13.8. The molecule has 3 aromatic rings. The Balaban J connectivity index is 1.52. The monoisotopic (exact) mass is 433 g/mol. The highest BCUT2D eigenvalue weighted by molar-refractivity contribution is 7.93. The van der Waals surface area contributed by atoms with Crippen LogP contribution < -0.4 is 9.44 Å². The van der Waals surface area contributed by atoms with Gasteiger partial charge in [-0.15, -0.1) is 0 Å². The Morgan fingerprint density at radius 3 is 2.17 bits per heavy atom. The second-order valence-corrected chi connectivity index (χ2v) is 10.2. The van der Waals surface area contributed by atoms with Gasteiger partial charge in [-0.25, -0.2) is 16.8 Å². The van der Waals surface area contributed by atoms with Crippen molar-refractivity contribution in [2.75, 3.05) is 9.44 Å². The number of benzene rings is 2. The van der Waals surface area contributed by atoms with E-state index in [-0.39, 0.29) is 21.3 Å². The minimum absolute atomic E-state index is 0.0290. The molecule has 1 aliphatic carbocycles. The van der Waals surface area contributed by atoms with Crippen LogP contribution in [0.5, 0.6) is 0 Å². The van der Waals surface area contributed by atoms with Crippen molar-refractivity contribution in [3.8, 4) is 0 Å². The van der Waals surface area contributed by atoms with E-state index in [4.69, 9.17) is 4.52 Å². The first-order valence-corrected chi connectivity index (χ1v) is 11.9. The van der Waals surface area contributed by atoms with Gasteiger partial charge in [0.25, 0.3) is 20.0 Å². The lowest BCUT2D eigenvalue weighted by Crippen LogP contribution is -2.15. The fourth-order valence-corrected chi connectivity index (χ4v) is 5.34. The molecule has 0 saturated heterocycles. The summed E-state index contributed by atoms with van der Waals surface area (Å²) in [6, 6.07) is 12.0. The van der Waals surface area contributed by atoms with Crippen molar-refractivity contribution < 1.29 is 21.4 Å². The van der Waals surface area contributed by atoms with Crippen molar-refractivity contribution in [2.24, 2.45) is 0 Å². The average molecular weight is 434 g/mol. The van der Waals surface area contributed by atoms with Crippen LogP contribution in [0.2, 0.25) is 0 Å². The van der Waals surface area contributed by atoms with Crippen LogP contribution in [0.15, 0.2) is 62.8 Å². The van der Waals surface area contributed by atoms with Crippen molar-refractivity contribution in [3.63, 3.8) is 0 Å². The first-order chi connectivity index (χ1) is 13.7. The van der Waals surface area contributed by atoms with E-state index >= 15 is 0 Å². The molecule has 0 unspecified atom stereocenters. The Morgan fingerprint density at radius 2 is 1.48 bits per heavy atom. The van der Waals surface area contributed by atoms with Crippen molar-refractivity contribution >= 4 is 31.6 Å². The van der Waals surface area contributed by atoms with E-state index in [1.807, 2.05) is 6.07 Å². The molecular formula is C19H19N3O5S2. The average Bonchev–Trinajstić information content (AvgIpc) is 3.29. The second-order valence-electron chi connectivity index (χ2n) is 6.84. The topological polar surface area (TPSA) is 118 Å². The van der Waals surface area contributed by atoms with Crippen LogP contribution in [0.1, 0.15) is 23.3 Å². The molecule has 0 bridgehead atoms. The maximum Gasteiger partial charge on any atom is 0.263 e. The Bertz CT molecular complexity index is 1260. The van der Waals surface area contributed by atoms with Crippen molar-refractivity contribution in [1.29, 1.82) is 0 Å². The highest BCUT2D eigenvalue weighted by Gasteiger charge is 2.20. The highest BCUT2D eigenvalue weighted by Crippen LogP contribution is 2.26. The number of fused-ring (bicyclic) bond motifs is 1. The molecule has 1 aliphatic rings. The Kier molecular flexibility index (Phi) is 4.83. The Morgan fingerprint density at radius 1 is 0.828 bits per heavy atom. The Labute approximate surface area is 169 Å². The summed E-state index contributed by atoms with van der Waals surface area (Å²) in [4.78, 5) is 0.163. The van der Waals surface area contributed by atoms with E-state index in [0.717, 1.165) is 24.8 Å². The molecule has 0 spiro atoms. The van der Waals surface area contributed by atoms with Gasteiger partial charge in [0.05, 0.1) is 9.79 Å². The van der Waals surface area contributed by atoms with Crippen LogP contribution in [0, 0.1) is 6.92 Å². The van der Waals surface area contributed by atoms with Gasteiger partial charge >= 0.3 is 0 Å². The number of rotatable bonds is 6. The quantitative estimate of drug-likeness (QED) is 0.617. The summed E-state index contributed by atoms with van der Waals surface area (Å²) >= 11 is 0. The third kappa shape index (κ3) is 4.13. The van der Waals surface area contributed by atoms with E-state index in [1.165, 1.54) is 35.9 Å². The number of aromatic nitrogens is 1. The summed E-state index contributed by atoms with van der Waals surface area (Å²) in [6.45, 7) is 1.65. The number of nitrogens with zero attached hydrogens (tertiary/aromatic N) is 1. The fraction of sp³-hybridized carbons (Fsp3) is 0.211. The number of anilines is 2. The highest BCUT2D eigenvalue weighted by atomic mass is 32.2. The molecule has 0 atom stereocenters. The molecule has 1 aromatic heterocycles. The molecule has 152 valence electrons. The van der Waals surface area contributed by atoms with Crippen LogP contribution in [0.4, 0.5) is 11.5 Å². The van der Waals surface area contributed by atoms with Gasteiger partial charge in [-0.2, -0.15) is 0 Å². The molecule has 8 nitrogen and oxygen atoms in total. The summed E-state index contributed by atoms with van der Waals surface area (Å²) in [5, 5.41) is 3.59. The first-order valence-electron chi connectivity index (χ1n) is 8.94. The third-order valence-corrected chi connectivity index (χ3v) is 7.41. The molecule has 10 heteroatoms. The summed E-state index contributed by atoms with van der Waals surface area (Å²) < 4.78 is 59.8. The molecular weight excluding hydrogens is 414 g/mol. The van der Waals surface area contributed by atoms with Gasteiger partial charge in [-0.05, 0) is 73.7 Å². The van der Waals surface area contributed by atoms with E-state index in [1.54, 1.807) is 19.1 Å². The maximum atomic E-state index is 12.7. The van der Waals surface area contributed by atoms with E-state index in [2.05, 4.69) is 14.6 Å². The molecule has 2 N–H and O–H groups in total. The zero-order chi connectivity index (χ0) is 20.6. The van der Waals surface area contributed by atoms with E-state index < -0.39 is 20.0 Å². The van der Waals surface area contributed by atoms with E-state index in [0.29, 0.717) is 5.76 Å². The van der Waals surface area contributed by atoms with Crippen molar-refractivity contribution in [3.05, 3.63) is 65.4 Å².